The molecule has 192 valence electrons. The smallest absolute Gasteiger partial charge is 0.305 e. The van der Waals surface area contributed by atoms with Crippen LogP contribution in [-0.4, -0.2) is 65.4 Å². The van der Waals surface area contributed by atoms with Crippen LogP contribution in [0.2, 0.25) is 0 Å². The number of unbranched alkanes of at least 4 members (excludes halogenated alkanes) is 10. The largest absolute Gasteiger partial charge is 0.466 e. The zero-order chi connectivity index (χ0) is 23.4. The highest BCUT2D eigenvalue weighted by Gasteiger charge is 2.02. The van der Waals surface area contributed by atoms with Crippen molar-refractivity contribution in [2.75, 3.05) is 59.5 Å². The molecule has 0 aliphatic heterocycles. The van der Waals surface area contributed by atoms with Gasteiger partial charge in [-0.2, -0.15) is 0 Å². The molecule has 0 spiro atoms. The molecule has 6 heteroatoms. The summed E-state index contributed by atoms with van der Waals surface area (Å²) in [5, 5.41) is 0. The van der Waals surface area contributed by atoms with Crippen LogP contribution >= 0.6 is 0 Å². The molecule has 0 N–H and O–H groups in total. The summed E-state index contributed by atoms with van der Waals surface area (Å²) < 4.78 is 27.1. The van der Waals surface area contributed by atoms with Crippen LogP contribution in [-0.2, 0) is 28.5 Å². The lowest BCUT2D eigenvalue weighted by atomic mass is 10.1. The van der Waals surface area contributed by atoms with Crippen molar-refractivity contribution >= 4 is 5.97 Å². The van der Waals surface area contributed by atoms with Gasteiger partial charge in [0.1, 0.15) is 0 Å². The summed E-state index contributed by atoms with van der Waals surface area (Å²) in [5.74, 6) is -0.114. The first kappa shape index (κ1) is 31.3. The molecular weight excluding hydrogens is 408 g/mol. The summed E-state index contributed by atoms with van der Waals surface area (Å²) in [4.78, 5) is 11.7. The first-order valence-corrected chi connectivity index (χ1v) is 13.3. The number of carbonyl (C=O) groups is 1. The summed E-state index contributed by atoms with van der Waals surface area (Å²) in [5.41, 5.74) is 0. The first-order chi connectivity index (χ1) is 15.8. The topological polar surface area (TPSA) is 63.2 Å². The van der Waals surface area contributed by atoms with Gasteiger partial charge < -0.3 is 23.7 Å². The van der Waals surface area contributed by atoms with Crippen molar-refractivity contribution in [3.05, 3.63) is 0 Å². The van der Waals surface area contributed by atoms with E-state index in [2.05, 4.69) is 13.8 Å². The number of ether oxygens (including phenoxy) is 5. The maximum Gasteiger partial charge on any atom is 0.305 e. The monoisotopic (exact) mass is 460 g/mol. The van der Waals surface area contributed by atoms with Gasteiger partial charge in [0.2, 0.25) is 0 Å². The molecule has 32 heavy (non-hydrogen) atoms. The van der Waals surface area contributed by atoms with Crippen LogP contribution in [0.4, 0.5) is 0 Å². The van der Waals surface area contributed by atoms with Gasteiger partial charge in [0.25, 0.3) is 0 Å². The molecule has 0 radical (unpaired) electrons. The Morgan fingerprint density at radius 1 is 0.438 bits per heavy atom. The van der Waals surface area contributed by atoms with Gasteiger partial charge in [0.15, 0.2) is 0 Å². The second kappa shape index (κ2) is 28.3. The minimum Gasteiger partial charge on any atom is -0.466 e. The predicted molar refractivity (Wildman–Crippen MR) is 130 cm³/mol. The highest BCUT2D eigenvalue weighted by atomic mass is 16.6. The van der Waals surface area contributed by atoms with E-state index in [1.165, 1.54) is 51.4 Å². The summed E-state index contributed by atoms with van der Waals surface area (Å²) in [6.45, 7) is 9.78. The minimum atomic E-state index is -0.114. The second-order valence-electron chi connectivity index (χ2n) is 8.31. The number of esters is 1. The molecule has 0 aromatic rings. The Morgan fingerprint density at radius 2 is 0.844 bits per heavy atom. The maximum absolute atomic E-state index is 11.7. The van der Waals surface area contributed by atoms with Gasteiger partial charge in [-0.1, -0.05) is 78.1 Å². The molecule has 0 unspecified atom stereocenters. The highest BCUT2D eigenvalue weighted by Crippen LogP contribution is 2.10. The van der Waals surface area contributed by atoms with E-state index in [1.807, 2.05) is 0 Å². The maximum atomic E-state index is 11.7. The molecular formula is C26H52O6. The quantitative estimate of drug-likeness (QED) is 0.109. The van der Waals surface area contributed by atoms with Crippen LogP contribution < -0.4 is 0 Å². The highest BCUT2D eigenvalue weighted by molar-refractivity contribution is 5.69. The van der Waals surface area contributed by atoms with Gasteiger partial charge in [0, 0.05) is 19.6 Å². The van der Waals surface area contributed by atoms with Crippen LogP contribution in [0.1, 0.15) is 104 Å². The Labute approximate surface area is 198 Å². The van der Waals surface area contributed by atoms with Gasteiger partial charge in [0.05, 0.1) is 46.2 Å². The molecule has 0 amide bonds. The van der Waals surface area contributed by atoms with E-state index in [4.69, 9.17) is 23.7 Å². The third kappa shape index (κ3) is 27.3. The SMILES string of the molecule is CCCCCCCCCCCCOC(=O)CCCOCCOCCOCCOCCCC. The van der Waals surface area contributed by atoms with Crippen LogP contribution in [0.25, 0.3) is 0 Å². The average Bonchev–Trinajstić information content (AvgIpc) is 2.80. The first-order valence-electron chi connectivity index (χ1n) is 13.3. The lowest BCUT2D eigenvalue weighted by Crippen LogP contribution is -2.12. The van der Waals surface area contributed by atoms with Crippen molar-refractivity contribution in [3.8, 4) is 0 Å². The molecule has 0 aromatic carbocycles. The zero-order valence-corrected chi connectivity index (χ0v) is 21.2. The zero-order valence-electron chi connectivity index (χ0n) is 21.2. The van der Waals surface area contributed by atoms with E-state index in [9.17, 15) is 4.79 Å². The Morgan fingerprint density at radius 3 is 1.34 bits per heavy atom. The predicted octanol–water partition coefficient (Wildman–Crippen LogP) is 6.10. The van der Waals surface area contributed by atoms with E-state index >= 15 is 0 Å². The number of hydrogen-bond acceptors (Lipinski definition) is 6. The second-order valence-corrected chi connectivity index (χ2v) is 8.31. The number of carbonyl (C=O) groups excluding carboxylic acids is 1. The third-order valence-electron chi connectivity index (χ3n) is 5.19. The third-order valence-corrected chi connectivity index (χ3v) is 5.19. The summed E-state index contributed by atoms with van der Waals surface area (Å²) >= 11 is 0. The Kier molecular flexibility index (Phi) is 27.7. The van der Waals surface area contributed by atoms with E-state index < -0.39 is 0 Å². The van der Waals surface area contributed by atoms with Crippen molar-refractivity contribution in [2.24, 2.45) is 0 Å². The van der Waals surface area contributed by atoms with Crippen molar-refractivity contribution in [3.63, 3.8) is 0 Å². The van der Waals surface area contributed by atoms with Crippen LogP contribution in [0.5, 0.6) is 0 Å². The number of rotatable bonds is 27. The molecule has 0 saturated heterocycles. The van der Waals surface area contributed by atoms with Crippen molar-refractivity contribution in [1.82, 2.24) is 0 Å². The van der Waals surface area contributed by atoms with Crippen LogP contribution in [0.15, 0.2) is 0 Å². The van der Waals surface area contributed by atoms with E-state index in [1.54, 1.807) is 0 Å². The molecule has 0 rings (SSSR count). The van der Waals surface area contributed by atoms with E-state index in [0.29, 0.717) is 65.7 Å². The van der Waals surface area contributed by atoms with Gasteiger partial charge in [-0.25, -0.2) is 0 Å². The van der Waals surface area contributed by atoms with Gasteiger partial charge >= 0.3 is 5.97 Å². The minimum absolute atomic E-state index is 0.114. The Hall–Kier alpha value is -0.690. The van der Waals surface area contributed by atoms with Crippen molar-refractivity contribution in [1.29, 1.82) is 0 Å². The summed E-state index contributed by atoms with van der Waals surface area (Å²) in [6, 6.07) is 0. The lowest BCUT2D eigenvalue weighted by Gasteiger charge is -2.08. The van der Waals surface area contributed by atoms with E-state index in [-0.39, 0.29) is 5.97 Å². The van der Waals surface area contributed by atoms with Crippen molar-refractivity contribution < 1.29 is 28.5 Å². The van der Waals surface area contributed by atoms with Crippen molar-refractivity contribution in [2.45, 2.75) is 104 Å². The average molecular weight is 461 g/mol. The lowest BCUT2D eigenvalue weighted by molar-refractivity contribution is -0.144. The summed E-state index contributed by atoms with van der Waals surface area (Å²) in [7, 11) is 0. The van der Waals surface area contributed by atoms with Gasteiger partial charge in [-0.15, -0.1) is 0 Å². The standard InChI is InChI=1S/C26H52O6/c1-3-5-7-8-9-10-11-12-13-14-19-32-26(27)16-15-18-29-21-23-31-25-24-30-22-20-28-17-6-4-2/h3-25H2,1-2H3. The molecule has 6 nitrogen and oxygen atoms in total. The molecule has 0 fully saturated rings. The molecule has 0 bridgehead atoms. The number of hydrogen-bond donors (Lipinski definition) is 0. The summed E-state index contributed by atoms with van der Waals surface area (Å²) in [6.07, 6.45) is 16.2. The molecule has 0 atom stereocenters. The van der Waals surface area contributed by atoms with Crippen LogP contribution in [0.3, 0.4) is 0 Å². The van der Waals surface area contributed by atoms with E-state index in [0.717, 1.165) is 32.3 Å². The fraction of sp³-hybridized carbons (Fsp3) is 0.962. The van der Waals surface area contributed by atoms with Crippen LogP contribution in [0, 0.1) is 0 Å². The molecule has 0 saturated carbocycles. The molecule has 0 aromatic heterocycles. The molecule has 0 aliphatic carbocycles. The van der Waals surface area contributed by atoms with Gasteiger partial charge in [-0.05, 0) is 19.3 Å². The Bertz CT molecular complexity index is 364. The molecule has 0 aliphatic rings. The fourth-order valence-electron chi connectivity index (χ4n) is 3.17. The Balaban J connectivity index is 3.13. The molecule has 0 heterocycles. The van der Waals surface area contributed by atoms with Gasteiger partial charge in [-0.3, -0.25) is 4.79 Å². The fourth-order valence-corrected chi connectivity index (χ4v) is 3.17. The normalized spacial score (nSPS) is 11.2.